The fourth-order valence-electron chi connectivity index (χ4n) is 3.09. The molecule has 1 aromatic rings. The number of hydrogen-bond acceptors (Lipinski definition) is 5. The molecular weight excluding hydrogens is 306 g/mol. The molecule has 2 atom stereocenters. The minimum Gasteiger partial charge on any atom is -0.486 e. The van der Waals surface area contributed by atoms with Gasteiger partial charge in [0.1, 0.15) is 12.7 Å². The van der Waals surface area contributed by atoms with Gasteiger partial charge in [-0.1, -0.05) is 26.0 Å². The van der Waals surface area contributed by atoms with Crippen molar-refractivity contribution in [1.29, 1.82) is 0 Å². The van der Waals surface area contributed by atoms with Crippen LogP contribution in [0.1, 0.15) is 13.8 Å². The number of amides is 1. The van der Waals surface area contributed by atoms with E-state index in [9.17, 15) is 4.79 Å². The summed E-state index contributed by atoms with van der Waals surface area (Å²) in [4.78, 5) is 16.5. The maximum Gasteiger partial charge on any atom is 0.239 e. The monoisotopic (exact) mass is 333 g/mol. The molecule has 0 radical (unpaired) electrons. The first-order valence-corrected chi connectivity index (χ1v) is 8.70. The third kappa shape index (κ3) is 3.82. The second-order valence-corrected chi connectivity index (χ2v) is 6.89. The number of ether oxygens (including phenoxy) is 2. The van der Waals surface area contributed by atoms with Crippen LogP contribution in [0.15, 0.2) is 24.3 Å². The summed E-state index contributed by atoms with van der Waals surface area (Å²) < 4.78 is 11.8. The number of carbonyl (C=O) groups is 1. The van der Waals surface area contributed by atoms with Crippen molar-refractivity contribution in [3.63, 3.8) is 0 Å². The summed E-state index contributed by atoms with van der Waals surface area (Å²) in [5, 5.41) is 0. The Morgan fingerprint density at radius 2 is 1.88 bits per heavy atom. The fraction of sp³-hybridized carbons (Fsp3) is 0.611. The number of benzene rings is 1. The Morgan fingerprint density at radius 1 is 1.21 bits per heavy atom. The zero-order valence-corrected chi connectivity index (χ0v) is 14.5. The molecule has 24 heavy (non-hydrogen) atoms. The standard InChI is InChI=1S/C18H27N3O3/c1-13(2)17(19)18(22)21-9-7-20(8-10-21)11-14-12-23-15-5-3-4-6-16(15)24-14/h3-6,13-14,17H,7-12,19H2,1-2H3. The average Bonchev–Trinajstić information content (AvgIpc) is 2.61. The van der Waals surface area contributed by atoms with Crippen LogP contribution in [-0.4, -0.2) is 67.2 Å². The Labute approximate surface area is 143 Å². The van der Waals surface area contributed by atoms with Crippen molar-refractivity contribution in [3.8, 4) is 11.5 Å². The lowest BCUT2D eigenvalue weighted by Crippen LogP contribution is -2.55. The third-order valence-electron chi connectivity index (χ3n) is 4.72. The summed E-state index contributed by atoms with van der Waals surface area (Å²) in [5.41, 5.74) is 5.98. The van der Waals surface area contributed by atoms with E-state index >= 15 is 0 Å². The number of nitrogens with two attached hydrogens (primary N) is 1. The van der Waals surface area contributed by atoms with Gasteiger partial charge in [-0.2, -0.15) is 0 Å². The number of carbonyl (C=O) groups excluding carboxylic acids is 1. The van der Waals surface area contributed by atoms with Crippen LogP contribution in [0.5, 0.6) is 11.5 Å². The van der Waals surface area contributed by atoms with E-state index in [0.717, 1.165) is 44.2 Å². The van der Waals surface area contributed by atoms with E-state index in [1.807, 2.05) is 43.0 Å². The SMILES string of the molecule is CC(C)C(N)C(=O)N1CCN(CC2COc3ccccc3O2)CC1. The minimum absolute atomic E-state index is 0.0278. The Hall–Kier alpha value is -1.79. The van der Waals surface area contributed by atoms with Gasteiger partial charge in [0, 0.05) is 32.7 Å². The molecule has 2 N–H and O–H groups in total. The number of nitrogens with zero attached hydrogens (tertiary/aromatic N) is 2. The summed E-state index contributed by atoms with van der Waals surface area (Å²) in [6, 6.07) is 7.36. The number of para-hydroxylation sites is 2. The molecule has 3 rings (SSSR count). The molecule has 1 aromatic carbocycles. The molecule has 6 nitrogen and oxygen atoms in total. The molecular formula is C18H27N3O3. The normalized spacial score (nSPS) is 22.5. The van der Waals surface area contributed by atoms with Gasteiger partial charge in [0.2, 0.25) is 5.91 Å². The molecule has 0 spiro atoms. The highest BCUT2D eigenvalue weighted by molar-refractivity contribution is 5.82. The van der Waals surface area contributed by atoms with E-state index in [-0.39, 0.29) is 17.9 Å². The van der Waals surface area contributed by atoms with Crippen LogP contribution in [-0.2, 0) is 4.79 Å². The van der Waals surface area contributed by atoms with Crippen LogP contribution in [0.3, 0.4) is 0 Å². The lowest BCUT2D eigenvalue weighted by molar-refractivity contribution is -0.135. The van der Waals surface area contributed by atoms with Crippen molar-refractivity contribution < 1.29 is 14.3 Å². The maximum absolute atomic E-state index is 12.3. The Kier molecular flexibility index (Phi) is 5.26. The molecule has 0 bridgehead atoms. The van der Waals surface area contributed by atoms with Crippen LogP contribution in [0.25, 0.3) is 0 Å². The number of fused-ring (bicyclic) bond motifs is 1. The molecule has 6 heteroatoms. The van der Waals surface area contributed by atoms with Crippen molar-refractivity contribution in [2.24, 2.45) is 11.7 Å². The molecule has 2 heterocycles. The lowest BCUT2D eigenvalue weighted by atomic mass is 10.0. The third-order valence-corrected chi connectivity index (χ3v) is 4.72. The first kappa shape index (κ1) is 17.0. The topological polar surface area (TPSA) is 68.0 Å². The summed E-state index contributed by atoms with van der Waals surface area (Å²) in [6.07, 6.45) is 0.0278. The summed E-state index contributed by atoms with van der Waals surface area (Å²) in [5.74, 6) is 1.86. The van der Waals surface area contributed by atoms with Gasteiger partial charge >= 0.3 is 0 Å². The molecule has 1 fully saturated rings. The molecule has 2 aliphatic heterocycles. The van der Waals surface area contributed by atoms with Crippen LogP contribution in [0.2, 0.25) is 0 Å². The van der Waals surface area contributed by atoms with Crippen LogP contribution in [0, 0.1) is 5.92 Å². The van der Waals surface area contributed by atoms with Gasteiger partial charge in [0.25, 0.3) is 0 Å². The van der Waals surface area contributed by atoms with Gasteiger partial charge in [-0.3, -0.25) is 9.69 Å². The van der Waals surface area contributed by atoms with Gasteiger partial charge in [0.15, 0.2) is 11.5 Å². The van der Waals surface area contributed by atoms with Crippen molar-refractivity contribution in [1.82, 2.24) is 9.80 Å². The average molecular weight is 333 g/mol. The highest BCUT2D eigenvalue weighted by Gasteiger charge is 2.29. The number of hydrogen-bond donors (Lipinski definition) is 1. The van der Waals surface area contributed by atoms with Crippen LogP contribution >= 0.6 is 0 Å². The van der Waals surface area contributed by atoms with Crippen molar-refractivity contribution in [3.05, 3.63) is 24.3 Å². The van der Waals surface area contributed by atoms with Crippen molar-refractivity contribution in [2.75, 3.05) is 39.3 Å². The van der Waals surface area contributed by atoms with E-state index in [1.54, 1.807) is 0 Å². The predicted molar refractivity (Wildman–Crippen MR) is 92.2 cm³/mol. The largest absolute Gasteiger partial charge is 0.486 e. The van der Waals surface area contributed by atoms with Crippen molar-refractivity contribution >= 4 is 5.91 Å². The van der Waals surface area contributed by atoms with Gasteiger partial charge in [0.05, 0.1) is 6.04 Å². The smallest absolute Gasteiger partial charge is 0.239 e. The van der Waals surface area contributed by atoms with Gasteiger partial charge in [-0.05, 0) is 18.1 Å². The second kappa shape index (κ2) is 7.40. The molecule has 1 saturated heterocycles. The second-order valence-electron chi connectivity index (χ2n) is 6.89. The molecule has 132 valence electrons. The predicted octanol–water partition coefficient (Wildman–Crippen LogP) is 0.954. The zero-order valence-electron chi connectivity index (χ0n) is 14.5. The summed E-state index contributed by atoms with van der Waals surface area (Å²) in [6.45, 7) is 8.48. The number of piperazine rings is 1. The number of rotatable bonds is 4. The van der Waals surface area contributed by atoms with Crippen LogP contribution in [0.4, 0.5) is 0 Å². The molecule has 0 aliphatic carbocycles. The van der Waals surface area contributed by atoms with Gasteiger partial charge in [-0.25, -0.2) is 0 Å². The Bertz CT molecular complexity index is 570. The molecule has 2 unspecified atom stereocenters. The lowest BCUT2D eigenvalue weighted by Gasteiger charge is -2.38. The van der Waals surface area contributed by atoms with Gasteiger partial charge < -0.3 is 20.1 Å². The summed E-state index contributed by atoms with van der Waals surface area (Å²) in [7, 11) is 0. The Morgan fingerprint density at radius 3 is 2.54 bits per heavy atom. The fourth-order valence-corrected chi connectivity index (χ4v) is 3.09. The first-order valence-electron chi connectivity index (χ1n) is 8.70. The van der Waals surface area contributed by atoms with Crippen molar-refractivity contribution in [2.45, 2.75) is 26.0 Å². The first-order chi connectivity index (χ1) is 11.5. The quantitative estimate of drug-likeness (QED) is 0.889. The molecule has 0 saturated carbocycles. The van der Waals surface area contributed by atoms with E-state index in [2.05, 4.69) is 4.90 Å². The highest BCUT2D eigenvalue weighted by atomic mass is 16.6. The van der Waals surface area contributed by atoms with E-state index in [1.165, 1.54) is 0 Å². The van der Waals surface area contributed by atoms with Crippen LogP contribution < -0.4 is 15.2 Å². The summed E-state index contributed by atoms with van der Waals surface area (Å²) >= 11 is 0. The molecule has 0 aromatic heterocycles. The van der Waals surface area contributed by atoms with E-state index < -0.39 is 6.04 Å². The zero-order chi connectivity index (χ0) is 17.1. The molecule has 1 amide bonds. The minimum atomic E-state index is -0.400. The Balaban J connectivity index is 1.47. The highest BCUT2D eigenvalue weighted by Crippen LogP contribution is 2.31. The molecule has 2 aliphatic rings. The van der Waals surface area contributed by atoms with E-state index in [0.29, 0.717) is 6.61 Å². The van der Waals surface area contributed by atoms with E-state index in [4.69, 9.17) is 15.2 Å². The maximum atomic E-state index is 12.3. The van der Waals surface area contributed by atoms with Gasteiger partial charge in [-0.15, -0.1) is 0 Å².